The van der Waals surface area contributed by atoms with Crippen LogP contribution in [0.15, 0.2) is 54.6 Å². The number of alkyl halides is 3. The number of hydrogen-bond acceptors (Lipinski definition) is 3. The number of aromatic nitrogens is 1. The first-order valence-electron chi connectivity index (χ1n) is 7.36. The van der Waals surface area contributed by atoms with Crippen molar-refractivity contribution < 1.29 is 23.0 Å². The zero-order valence-electron chi connectivity index (χ0n) is 13.2. The number of aromatic hydroxyl groups is 1. The monoisotopic (exact) mass is 348 g/mol. The second kappa shape index (κ2) is 6.08. The third kappa shape index (κ3) is 3.26. The lowest BCUT2D eigenvalue weighted by Gasteiger charge is -2.10. The van der Waals surface area contributed by atoms with E-state index in [-0.39, 0.29) is 22.9 Å². The van der Waals surface area contributed by atoms with Gasteiger partial charge in [0.05, 0.1) is 11.3 Å². The molecule has 0 aliphatic carbocycles. The Bertz CT molecular complexity index is 903. The molecular formula is C18H15F3N2O2. The Hall–Kier alpha value is -3.09. The highest BCUT2D eigenvalue weighted by atomic mass is 19.4. The minimum Gasteiger partial charge on any atom is -0.505 e. The maximum absolute atomic E-state index is 12.4. The van der Waals surface area contributed by atoms with Crippen LogP contribution in [0, 0.1) is 0 Å². The first-order chi connectivity index (χ1) is 11.8. The highest BCUT2D eigenvalue weighted by Gasteiger charge is 2.31. The summed E-state index contributed by atoms with van der Waals surface area (Å²) in [4.78, 5) is 0. The number of hydrogen-bond donors (Lipinski definition) is 2. The van der Waals surface area contributed by atoms with Crippen molar-refractivity contribution in [3.05, 3.63) is 54.6 Å². The fraction of sp³-hybridized carbons (Fsp3) is 0.111. The van der Waals surface area contributed by atoms with Gasteiger partial charge in [-0.15, -0.1) is 13.2 Å². The zero-order valence-corrected chi connectivity index (χ0v) is 13.2. The lowest BCUT2D eigenvalue weighted by molar-refractivity contribution is -0.274. The van der Waals surface area contributed by atoms with Crippen LogP contribution in [0.4, 0.5) is 19.0 Å². The van der Waals surface area contributed by atoms with Crippen LogP contribution in [-0.4, -0.2) is 16.0 Å². The van der Waals surface area contributed by atoms with Gasteiger partial charge in [-0.2, -0.15) is 0 Å². The van der Waals surface area contributed by atoms with Crippen molar-refractivity contribution in [1.29, 1.82) is 0 Å². The molecule has 3 rings (SSSR count). The predicted molar refractivity (Wildman–Crippen MR) is 89.0 cm³/mol. The number of anilines is 1. The third-order valence-electron chi connectivity index (χ3n) is 3.82. The molecule has 0 aliphatic rings. The number of nitrogen functional groups attached to an aromatic ring is 1. The van der Waals surface area contributed by atoms with Crippen LogP contribution in [0.1, 0.15) is 0 Å². The van der Waals surface area contributed by atoms with Crippen LogP contribution in [0.5, 0.6) is 11.5 Å². The average molecular weight is 348 g/mol. The Balaban J connectivity index is 2.12. The molecule has 0 fully saturated rings. The Labute approximate surface area is 141 Å². The number of ether oxygens (including phenoxy) is 1. The molecule has 0 radical (unpaired) electrons. The number of rotatable bonds is 3. The van der Waals surface area contributed by atoms with Gasteiger partial charge in [0, 0.05) is 12.6 Å². The largest absolute Gasteiger partial charge is 0.573 e. The molecule has 0 saturated heterocycles. The molecule has 0 atom stereocenters. The molecule has 0 amide bonds. The molecule has 3 aromatic rings. The lowest BCUT2D eigenvalue weighted by atomic mass is 10.0. The van der Waals surface area contributed by atoms with Crippen LogP contribution < -0.4 is 10.5 Å². The summed E-state index contributed by atoms with van der Waals surface area (Å²) in [5, 5.41) is 10.7. The van der Waals surface area contributed by atoms with Gasteiger partial charge in [0.25, 0.3) is 0 Å². The van der Waals surface area contributed by atoms with Crippen LogP contribution >= 0.6 is 0 Å². The van der Waals surface area contributed by atoms with Gasteiger partial charge in [-0.3, -0.25) is 0 Å². The Morgan fingerprint density at radius 2 is 1.64 bits per heavy atom. The van der Waals surface area contributed by atoms with Crippen molar-refractivity contribution in [2.45, 2.75) is 6.36 Å². The molecule has 4 nitrogen and oxygen atoms in total. The summed E-state index contributed by atoms with van der Waals surface area (Å²) in [5.41, 5.74) is 7.90. The topological polar surface area (TPSA) is 60.4 Å². The molecule has 25 heavy (non-hydrogen) atoms. The van der Waals surface area contributed by atoms with Crippen molar-refractivity contribution in [3.8, 4) is 33.9 Å². The molecule has 130 valence electrons. The lowest BCUT2D eigenvalue weighted by Crippen LogP contribution is -2.17. The van der Waals surface area contributed by atoms with Gasteiger partial charge in [-0.25, -0.2) is 0 Å². The number of nitrogens with zero attached hydrogens (tertiary/aromatic N) is 1. The van der Waals surface area contributed by atoms with Gasteiger partial charge in [0.2, 0.25) is 0 Å². The van der Waals surface area contributed by atoms with E-state index in [1.54, 1.807) is 17.7 Å². The van der Waals surface area contributed by atoms with E-state index in [2.05, 4.69) is 4.74 Å². The summed E-state index contributed by atoms with van der Waals surface area (Å²) in [7, 11) is 1.68. The first-order valence-corrected chi connectivity index (χ1v) is 7.36. The number of halogens is 3. The summed E-state index contributed by atoms with van der Waals surface area (Å²) in [6, 6.07) is 14.4. The molecule has 0 spiro atoms. The minimum absolute atomic E-state index is 0.102. The molecule has 7 heteroatoms. The SMILES string of the molecule is Cn1c(N)c(-c2cccc(OC(F)(F)F)c2)c(O)c1-c1ccccc1. The van der Waals surface area contributed by atoms with Gasteiger partial charge in [-0.1, -0.05) is 42.5 Å². The zero-order chi connectivity index (χ0) is 18.2. The van der Waals surface area contributed by atoms with Gasteiger partial charge >= 0.3 is 6.36 Å². The molecule has 0 unspecified atom stereocenters. The van der Waals surface area contributed by atoms with Gasteiger partial charge in [0.1, 0.15) is 11.6 Å². The molecule has 3 N–H and O–H groups in total. The maximum Gasteiger partial charge on any atom is 0.573 e. The van der Waals surface area contributed by atoms with E-state index in [0.717, 1.165) is 5.56 Å². The molecule has 0 saturated carbocycles. The van der Waals surface area contributed by atoms with Crippen LogP contribution in [0.3, 0.4) is 0 Å². The summed E-state index contributed by atoms with van der Waals surface area (Å²) in [5.74, 6) is -0.246. The number of benzene rings is 2. The normalized spacial score (nSPS) is 11.5. The van der Waals surface area contributed by atoms with Crippen molar-refractivity contribution in [1.82, 2.24) is 4.57 Å². The quantitative estimate of drug-likeness (QED) is 0.730. The predicted octanol–water partition coefficient (Wildman–Crippen LogP) is 4.55. The van der Waals surface area contributed by atoms with E-state index in [9.17, 15) is 18.3 Å². The summed E-state index contributed by atoms with van der Waals surface area (Å²) >= 11 is 0. The van der Waals surface area contributed by atoms with Gasteiger partial charge < -0.3 is 20.1 Å². The van der Waals surface area contributed by atoms with Crippen molar-refractivity contribution in [2.75, 3.05) is 5.73 Å². The molecule has 2 aromatic carbocycles. The van der Waals surface area contributed by atoms with Crippen LogP contribution in [0.2, 0.25) is 0 Å². The maximum atomic E-state index is 12.4. The Morgan fingerprint density at radius 1 is 1.00 bits per heavy atom. The average Bonchev–Trinajstić information content (AvgIpc) is 2.76. The van der Waals surface area contributed by atoms with Crippen molar-refractivity contribution in [2.24, 2.45) is 7.05 Å². The first kappa shape index (κ1) is 16.8. The van der Waals surface area contributed by atoms with E-state index in [1.807, 2.05) is 30.3 Å². The van der Waals surface area contributed by atoms with Crippen LogP contribution in [-0.2, 0) is 7.05 Å². The second-order valence-corrected chi connectivity index (χ2v) is 5.46. The second-order valence-electron chi connectivity index (χ2n) is 5.46. The van der Waals surface area contributed by atoms with Gasteiger partial charge in [-0.05, 0) is 17.7 Å². The molecule has 0 aliphatic heterocycles. The highest BCUT2D eigenvalue weighted by molar-refractivity contribution is 5.89. The Kier molecular flexibility index (Phi) is 4.08. The van der Waals surface area contributed by atoms with E-state index in [4.69, 9.17) is 5.73 Å². The molecule has 1 heterocycles. The fourth-order valence-electron chi connectivity index (χ4n) is 2.75. The summed E-state index contributed by atoms with van der Waals surface area (Å²) in [6.07, 6.45) is -4.79. The molecule has 1 aromatic heterocycles. The van der Waals surface area contributed by atoms with E-state index < -0.39 is 6.36 Å². The van der Waals surface area contributed by atoms with E-state index >= 15 is 0 Å². The van der Waals surface area contributed by atoms with E-state index in [0.29, 0.717) is 11.3 Å². The van der Waals surface area contributed by atoms with Crippen molar-refractivity contribution >= 4 is 5.82 Å². The molecular weight excluding hydrogens is 333 g/mol. The van der Waals surface area contributed by atoms with Crippen molar-refractivity contribution in [3.63, 3.8) is 0 Å². The Morgan fingerprint density at radius 3 is 2.28 bits per heavy atom. The van der Waals surface area contributed by atoms with Crippen LogP contribution in [0.25, 0.3) is 22.4 Å². The van der Waals surface area contributed by atoms with E-state index in [1.165, 1.54) is 18.2 Å². The standard InChI is InChI=1S/C18H15F3N2O2/c1-23-15(11-6-3-2-4-7-11)16(24)14(17(23)22)12-8-5-9-13(10-12)25-18(19,20)21/h2-10,24H,22H2,1H3. The number of nitrogens with two attached hydrogens (primary N) is 1. The minimum atomic E-state index is -4.79. The fourth-order valence-corrected chi connectivity index (χ4v) is 2.75. The highest BCUT2D eigenvalue weighted by Crippen LogP contribution is 2.45. The third-order valence-corrected chi connectivity index (χ3v) is 3.82. The summed E-state index contributed by atoms with van der Waals surface area (Å²) in [6.45, 7) is 0. The smallest absolute Gasteiger partial charge is 0.505 e. The molecule has 0 bridgehead atoms. The summed E-state index contributed by atoms with van der Waals surface area (Å²) < 4.78 is 42.8. The van der Waals surface area contributed by atoms with Gasteiger partial charge in [0.15, 0.2) is 5.75 Å².